The Morgan fingerprint density at radius 1 is 1.62 bits per heavy atom. The lowest BCUT2D eigenvalue weighted by atomic mass is 10.5. The number of nitrogens with zero attached hydrogens (tertiary/aromatic N) is 5. The highest BCUT2D eigenvalue weighted by atomic mass is 32.2. The summed E-state index contributed by atoms with van der Waals surface area (Å²) >= 11 is 2.88. The van der Waals surface area contributed by atoms with Crippen LogP contribution in [0.1, 0.15) is 10.5 Å². The summed E-state index contributed by atoms with van der Waals surface area (Å²) in [6.45, 7) is 0.588. The maximum atomic E-state index is 10.5. The van der Waals surface area contributed by atoms with Crippen LogP contribution in [-0.4, -0.2) is 41.2 Å². The molecule has 0 aliphatic carbocycles. The van der Waals surface area contributed by atoms with Gasteiger partial charge in [0.2, 0.25) is 0 Å². The fourth-order valence-corrected chi connectivity index (χ4v) is 2.40. The van der Waals surface area contributed by atoms with Crippen LogP contribution in [0.2, 0.25) is 0 Å². The van der Waals surface area contributed by atoms with E-state index in [2.05, 4.69) is 19.7 Å². The van der Waals surface area contributed by atoms with Crippen molar-refractivity contribution in [2.75, 3.05) is 5.75 Å². The third-order valence-corrected chi connectivity index (χ3v) is 3.42. The van der Waals surface area contributed by atoms with E-state index in [-0.39, 0.29) is 5.69 Å². The summed E-state index contributed by atoms with van der Waals surface area (Å²) in [5.74, 6) is -0.319. The number of thioether (sulfide) groups is 1. The lowest BCUT2D eigenvalue weighted by Gasteiger charge is -1.96. The zero-order valence-electron chi connectivity index (χ0n) is 7.98. The van der Waals surface area contributed by atoms with Crippen LogP contribution in [0, 0.1) is 0 Å². The van der Waals surface area contributed by atoms with Crippen LogP contribution in [0.3, 0.4) is 0 Å². The Bertz CT molecular complexity index is 469. The zero-order valence-corrected chi connectivity index (χ0v) is 9.61. The summed E-state index contributed by atoms with van der Waals surface area (Å²) < 4.78 is 6.26. The van der Waals surface area contributed by atoms with E-state index < -0.39 is 5.97 Å². The lowest BCUT2D eigenvalue weighted by Crippen LogP contribution is -2.01. The standard InChI is InChI=1S/C7H7N5O2S2/c13-6(14)5-3-12(11-10-5)1-2-15-7-8-4-9-16-7/h3-4H,1-2H2,(H,13,14). The fourth-order valence-electron chi connectivity index (χ4n) is 0.959. The summed E-state index contributed by atoms with van der Waals surface area (Å²) in [5, 5.41) is 15.8. The van der Waals surface area contributed by atoms with E-state index in [1.165, 1.54) is 28.7 Å². The summed E-state index contributed by atoms with van der Waals surface area (Å²) in [5.41, 5.74) is -0.0408. The summed E-state index contributed by atoms with van der Waals surface area (Å²) in [7, 11) is 0. The molecule has 16 heavy (non-hydrogen) atoms. The number of hydrogen-bond donors (Lipinski definition) is 1. The van der Waals surface area contributed by atoms with Gasteiger partial charge in [0.15, 0.2) is 10.0 Å². The molecule has 0 atom stereocenters. The SMILES string of the molecule is O=C(O)c1cn(CCSc2ncns2)nn1. The molecule has 0 aliphatic rings. The molecule has 0 saturated carbocycles. The second-order valence-corrected chi connectivity index (χ2v) is 4.85. The molecule has 7 nitrogen and oxygen atoms in total. The van der Waals surface area contributed by atoms with Crippen LogP contribution < -0.4 is 0 Å². The zero-order chi connectivity index (χ0) is 11.4. The molecule has 1 N–H and O–H groups in total. The maximum Gasteiger partial charge on any atom is 0.358 e. The molecule has 2 rings (SSSR count). The van der Waals surface area contributed by atoms with Crippen molar-refractivity contribution in [2.45, 2.75) is 10.9 Å². The van der Waals surface area contributed by atoms with Gasteiger partial charge in [0.1, 0.15) is 6.33 Å². The van der Waals surface area contributed by atoms with Crippen LogP contribution in [-0.2, 0) is 6.54 Å². The number of carbonyl (C=O) groups is 1. The Morgan fingerprint density at radius 2 is 2.50 bits per heavy atom. The first-order valence-electron chi connectivity index (χ1n) is 4.28. The molecule has 2 heterocycles. The predicted octanol–water partition coefficient (Wildman–Crippen LogP) is 0.620. The Hall–Kier alpha value is -1.48. The number of aromatic nitrogens is 5. The normalized spacial score (nSPS) is 10.5. The van der Waals surface area contributed by atoms with Gasteiger partial charge in [-0.25, -0.2) is 9.78 Å². The Balaban J connectivity index is 1.83. The molecule has 0 amide bonds. The smallest absolute Gasteiger partial charge is 0.358 e. The quantitative estimate of drug-likeness (QED) is 0.784. The number of aromatic carboxylic acids is 1. The van der Waals surface area contributed by atoms with Crippen molar-refractivity contribution in [1.29, 1.82) is 0 Å². The van der Waals surface area contributed by atoms with E-state index in [1.54, 1.807) is 11.8 Å². The average Bonchev–Trinajstić information content (AvgIpc) is 2.87. The highest BCUT2D eigenvalue weighted by Gasteiger charge is 2.07. The van der Waals surface area contributed by atoms with Crippen LogP contribution in [0.5, 0.6) is 0 Å². The van der Waals surface area contributed by atoms with Gasteiger partial charge in [-0.15, -0.1) is 5.10 Å². The predicted molar refractivity (Wildman–Crippen MR) is 57.6 cm³/mol. The number of aryl methyl sites for hydroxylation is 1. The van der Waals surface area contributed by atoms with E-state index in [0.29, 0.717) is 6.54 Å². The van der Waals surface area contributed by atoms with E-state index >= 15 is 0 Å². The van der Waals surface area contributed by atoms with Gasteiger partial charge >= 0.3 is 5.97 Å². The van der Waals surface area contributed by atoms with E-state index in [4.69, 9.17) is 5.11 Å². The molecule has 2 aromatic rings. The van der Waals surface area contributed by atoms with Gasteiger partial charge in [0.05, 0.1) is 12.7 Å². The molecular formula is C7H7N5O2S2. The van der Waals surface area contributed by atoms with E-state index in [0.717, 1.165) is 10.1 Å². The Labute approximate surface area is 98.7 Å². The third-order valence-electron chi connectivity index (χ3n) is 1.64. The molecule has 9 heteroatoms. The molecule has 0 unspecified atom stereocenters. The average molecular weight is 257 g/mol. The first-order chi connectivity index (χ1) is 7.75. The van der Waals surface area contributed by atoms with E-state index in [9.17, 15) is 4.79 Å². The fraction of sp³-hybridized carbons (Fsp3) is 0.286. The summed E-state index contributed by atoms with van der Waals surface area (Å²) in [6.07, 6.45) is 2.91. The molecule has 0 radical (unpaired) electrons. The van der Waals surface area contributed by atoms with Crippen LogP contribution >= 0.6 is 23.3 Å². The highest BCUT2D eigenvalue weighted by Crippen LogP contribution is 2.17. The maximum absolute atomic E-state index is 10.5. The number of rotatable bonds is 5. The minimum Gasteiger partial charge on any atom is -0.476 e. The second-order valence-electron chi connectivity index (χ2n) is 2.73. The van der Waals surface area contributed by atoms with Crippen molar-refractivity contribution in [3.05, 3.63) is 18.2 Å². The van der Waals surface area contributed by atoms with Crippen molar-refractivity contribution in [1.82, 2.24) is 24.4 Å². The first-order valence-corrected chi connectivity index (χ1v) is 6.04. The molecule has 0 fully saturated rings. The van der Waals surface area contributed by atoms with Crippen molar-refractivity contribution >= 4 is 29.3 Å². The second kappa shape index (κ2) is 5.03. The Kier molecular flexibility index (Phi) is 3.47. The lowest BCUT2D eigenvalue weighted by molar-refractivity contribution is 0.0690. The van der Waals surface area contributed by atoms with Crippen molar-refractivity contribution in [2.24, 2.45) is 0 Å². The highest BCUT2D eigenvalue weighted by molar-refractivity contribution is 8.00. The molecule has 2 aromatic heterocycles. The molecule has 0 aliphatic heterocycles. The minimum absolute atomic E-state index is 0.0408. The van der Waals surface area contributed by atoms with Gasteiger partial charge in [0, 0.05) is 5.75 Å². The molecule has 84 valence electrons. The molecule has 0 spiro atoms. The Morgan fingerprint density at radius 3 is 3.12 bits per heavy atom. The molecule has 0 bridgehead atoms. The van der Waals surface area contributed by atoms with Gasteiger partial charge in [-0.3, -0.25) is 4.68 Å². The minimum atomic E-state index is -1.07. The van der Waals surface area contributed by atoms with Crippen molar-refractivity contribution in [3.63, 3.8) is 0 Å². The topological polar surface area (TPSA) is 93.8 Å². The summed E-state index contributed by atoms with van der Waals surface area (Å²) in [4.78, 5) is 14.5. The van der Waals surface area contributed by atoms with Gasteiger partial charge in [-0.05, 0) is 11.5 Å². The molecule has 0 saturated heterocycles. The largest absolute Gasteiger partial charge is 0.476 e. The van der Waals surface area contributed by atoms with Gasteiger partial charge in [0.25, 0.3) is 0 Å². The van der Waals surface area contributed by atoms with Crippen molar-refractivity contribution < 1.29 is 9.90 Å². The number of carboxylic acid groups (broad SMARTS) is 1. The van der Waals surface area contributed by atoms with Crippen molar-refractivity contribution in [3.8, 4) is 0 Å². The number of carboxylic acids is 1. The van der Waals surface area contributed by atoms with Gasteiger partial charge in [-0.1, -0.05) is 17.0 Å². The first kappa shape index (κ1) is 11.0. The molecule has 0 aromatic carbocycles. The van der Waals surface area contributed by atoms with Crippen LogP contribution in [0.15, 0.2) is 16.9 Å². The third kappa shape index (κ3) is 2.76. The van der Waals surface area contributed by atoms with Crippen LogP contribution in [0.4, 0.5) is 0 Å². The monoisotopic (exact) mass is 257 g/mol. The number of hydrogen-bond acceptors (Lipinski definition) is 7. The molecular weight excluding hydrogens is 250 g/mol. The summed E-state index contributed by atoms with van der Waals surface area (Å²) in [6, 6.07) is 0. The van der Waals surface area contributed by atoms with Gasteiger partial charge < -0.3 is 5.11 Å². The van der Waals surface area contributed by atoms with Gasteiger partial charge in [-0.2, -0.15) is 4.37 Å². The van der Waals surface area contributed by atoms with E-state index in [1.807, 2.05) is 0 Å². The van der Waals surface area contributed by atoms with Crippen LogP contribution in [0.25, 0.3) is 0 Å².